The Kier molecular flexibility index (Phi) is 4.06. The van der Waals surface area contributed by atoms with Crippen LogP contribution in [0.1, 0.15) is 39.9 Å². The zero-order chi connectivity index (χ0) is 14.8. The SMILES string of the molecule is CCCNc1cc(-c2cnn(C)c2)nc(C(C)(C)C)n1. The second-order valence-corrected chi connectivity index (χ2v) is 6.04. The second kappa shape index (κ2) is 5.61. The first-order chi connectivity index (χ1) is 9.40. The van der Waals surface area contributed by atoms with Crippen molar-refractivity contribution in [1.82, 2.24) is 19.7 Å². The van der Waals surface area contributed by atoms with Crippen molar-refractivity contribution in [3.63, 3.8) is 0 Å². The van der Waals surface area contributed by atoms with Gasteiger partial charge in [-0.25, -0.2) is 9.97 Å². The molecule has 0 spiro atoms. The molecule has 0 radical (unpaired) electrons. The van der Waals surface area contributed by atoms with E-state index in [1.165, 1.54) is 0 Å². The maximum absolute atomic E-state index is 4.69. The molecule has 0 saturated carbocycles. The molecule has 0 atom stereocenters. The lowest BCUT2D eigenvalue weighted by Gasteiger charge is -2.18. The Morgan fingerprint density at radius 2 is 2.00 bits per heavy atom. The molecule has 0 aromatic carbocycles. The van der Waals surface area contributed by atoms with Crippen molar-refractivity contribution in [3.8, 4) is 11.3 Å². The summed E-state index contributed by atoms with van der Waals surface area (Å²) in [6.45, 7) is 9.42. The first-order valence-electron chi connectivity index (χ1n) is 7.02. The number of hydrogen-bond acceptors (Lipinski definition) is 4. The fraction of sp³-hybridized carbons (Fsp3) is 0.533. The van der Waals surface area contributed by atoms with E-state index in [0.717, 1.165) is 35.9 Å². The molecule has 108 valence electrons. The molecular formula is C15H23N5. The lowest BCUT2D eigenvalue weighted by atomic mass is 9.95. The van der Waals surface area contributed by atoms with Crippen molar-refractivity contribution < 1.29 is 0 Å². The van der Waals surface area contributed by atoms with Gasteiger partial charge in [0.25, 0.3) is 0 Å². The highest BCUT2D eigenvalue weighted by Gasteiger charge is 2.19. The van der Waals surface area contributed by atoms with E-state index < -0.39 is 0 Å². The Hall–Kier alpha value is -1.91. The number of nitrogens with one attached hydrogen (secondary N) is 1. The van der Waals surface area contributed by atoms with Crippen molar-refractivity contribution in [2.75, 3.05) is 11.9 Å². The molecule has 0 fully saturated rings. The van der Waals surface area contributed by atoms with E-state index in [1.54, 1.807) is 4.68 Å². The van der Waals surface area contributed by atoms with Crippen molar-refractivity contribution in [2.45, 2.75) is 39.5 Å². The predicted molar refractivity (Wildman–Crippen MR) is 81.7 cm³/mol. The molecule has 0 amide bonds. The minimum Gasteiger partial charge on any atom is -0.370 e. The summed E-state index contributed by atoms with van der Waals surface area (Å²) < 4.78 is 1.79. The van der Waals surface area contributed by atoms with Crippen LogP contribution in [-0.4, -0.2) is 26.3 Å². The van der Waals surface area contributed by atoms with Gasteiger partial charge in [-0.3, -0.25) is 4.68 Å². The van der Waals surface area contributed by atoms with Crippen molar-refractivity contribution >= 4 is 5.82 Å². The number of aromatic nitrogens is 4. The van der Waals surface area contributed by atoms with E-state index in [9.17, 15) is 0 Å². The van der Waals surface area contributed by atoms with Gasteiger partial charge in [-0.2, -0.15) is 5.10 Å². The first kappa shape index (κ1) is 14.5. The van der Waals surface area contributed by atoms with Gasteiger partial charge >= 0.3 is 0 Å². The van der Waals surface area contributed by atoms with Crippen LogP contribution in [0.3, 0.4) is 0 Å². The Morgan fingerprint density at radius 1 is 1.25 bits per heavy atom. The van der Waals surface area contributed by atoms with Crippen LogP contribution >= 0.6 is 0 Å². The standard InChI is InChI=1S/C15H23N5/c1-6-7-16-13-8-12(11-9-17-20(5)10-11)18-14(19-13)15(2,3)4/h8-10H,6-7H2,1-5H3,(H,16,18,19). The summed E-state index contributed by atoms with van der Waals surface area (Å²) in [6.07, 6.45) is 4.87. The Labute approximate surface area is 120 Å². The van der Waals surface area contributed by atoms with Gasteiger partial charge < -0.3 is 5.32 Å². The molecule has 2 heterocycles. The summed E-state index contributed by atoms with van der Waals surface area (Å²) in [5.74, 6) is 1.73. The molecule has 5 nitrogen and oxygen atoms in total. The van der Waals surface area contributed by atoms with E-state index in [4.69, 9.17) is 4.98 Å². The molecule has 2 aromatic heterocycles. The van der Waals surface area contributed by atoms with Gasteiger partial charge in [0.15, 0.2) is 0 Å². The van der Waals surface area contributed by atoms with Crippen molar-refractivity contribution in [2.24, 2.45) is 7.05 Å². The third-order valence-electron chi connectivity index (χ3n) is 2.95. The lowest BCUT2D eigenvalue weighted by molar-refractivity contribution is 0.546. The number of anilines is 1. The number of rotatable bonds is 4. The molecular weight excluding hydrogens is 250 g/mol. The fourth-order valence-electron chi connectivity index (χ4n) is 1.83. The minimum absolute atomic E-state index is 0.0825. The van der Waals surface area contributed by atoms with Gasteiger partial charge in [0.2, 0.25) is 0 Å². The molecule has 0 aliphatic heterocycles. The number of nitrogens with zero attached hydrogens (tertiary/aromatic N) is 4. The molecule has 1 N–H and O–H groups in total. The Morgan fingerprint density at radius 3 is 2.55 bits per heavy atom. The van der Waals surface area contributed by atoms with Crippen LogP contribution in [-0.2, 0) is 12.5 Å². The van der Waals surface area contributed by atoms with Gasteiger partial charge in [0.1, 0.15) is 11.6 Å². The van der Waals surface area contributed by atoms with Gasteiger partial charge in [-0.1, -0.05) is 27.7 Å². The molecule has 0 aliphatic carbocycles. The summed E-state index contributed by atoms with van der Waals surface area (Å²) in [7, 11) is 1.91. The summed E-state index contributed by atoms with van der Waals surface area (Å²) in [4.78, 5) is 9.32. The largest absolute Gasteiger partial charge is 0.370 e. The fourth-order valence-corrected chi connectivity index (χ4v) is 1.83. The third-order valence-corrected chi connectivity index (χ3v) is 2.95. The quantitative estimate of drug-likeness (QED) is 0.930. The maximum atomic E-state index is 4.69. The van der Waals surface area contributed by atoms with Crippen LogP contribution in [0, 0.1) is 0 Å². The van der Waals surface area contributed by atoms with Gasteiger partial charge in [0, 0.05) is 36.8 Å². The van der Waals surface area contributed by atoms with Crippen LogP contribution in [0.25, 0.3) is 11.3 Å². The zero-order valence-corrected chi connectivity index (χ0v) is 12.9. The smallest absolute Gasteiger partial charge is 0.136 e. The highest BCUT2D eigenvalue weighted by Crippen LogP contribution is 2.25. The topological polar surface area (TPSA) is 55.6 Å². The first-order valence-corrected chi connectivity index (χ1v) is 7.02. The molecule has 0 aliphatic rings. The van der Waals surface area contributed by atoms with Crippen molar-refractivity contribution in [3.05, 3.63) is 24.3 Å². The van der Waals surface area contributed by atoms with Crippen LogP contribution in [0.15, 0.2) is 18.5 Å². The van der Waals surface area contributed by atoms with Gasteiger partial charge in [-0.15, -0.1) is 0 Å². The average molecular weight is 273 g/mol. The van der Waals surface area contributed by atoms with Crippen molar-refractivity contribution in [1.29, 1.82) is 0 Å². The van der Waals surface area contributed by atoms with Crippen LogP contribution < -0.4 is 5.32 Å². The molecule has 0 saturated heterocycles. The summed E-state index contributed by atoms with van der Waals surface area (Å²) in [6, 6.07) is 1.99. The molecule has 2 rings (SSSR count). The summed E-state index contributed by atoms with van der Waals surface area (Å²) >= 11 is 0. The van der Waals surface area contributed by atoms with E-state index in [2.05, 4.69) is 43.1 Å². The second-order valence-electron chi connectivity index (χ2n) is 6.04. The van der Waals surface area contributed by atoms with Crippen LogP contribution in [0.2, 0.25) is 0 Å². The molecule has 5 heteroatoms. The average Bonchev–Trinajstić information content (AvgIpc) is 2.82. The Bertz CT molecular complexity index is 580. The van der Waals surface area contributed by atoms with E-state index in [0.29, 0.717) is 0 Å². The van der Waals surface area contributed by atoms with Crippen LogP contribution in [0.4, 0.5) is 5.82 Å². The number of aryl methyl sites for hydroxylation is 1. The summed E-state index contributed by atoms with van der Waals surface area (Å²) in [5.41, 5.74) is 1.84. The van der Waals surface area contributed by atoms with Gasteiger partial charge in [0.05, 0.1) is 11.9 Å². The van der Waals surface area contributed by atoms with Crippen LogP contribution in [0.5, 0.6) is 0 Å². The highest BCUT2D eigenvalue weighted by atomic mass is 15.2. The summed E-state index contributed by atoms with van der Waals surface area (Å²) in [5, 5.41) is 7.56. The molecule has 0 unspecified atom stereocenters. The third kappa shape index (κ3) is 3.35. The molecule has 2 aromatic rings. The van der Waals surface area contributed by atoms with E-state index in [1.807, 2.05) is 25.5 Å². The maximum Gasteiger partial charge on any atom is 0.136 e. The highest BCUT2D eigenvalue weighted by molar-refractivity contribution is 5.61. The Balaban J connectivity index is 2.45. The lowest BCUT2D eigenvalue weighted by Crippen LogP contribution is -2.18. The monoisotopic (exact) mass is 273 g/mol. The van der Waals surface area contributed by atoms with Gasteiger partial charge in [-0.05, 0) is 6.42 Å². The van der Waals surface area contributed by atoms with E-state index >= 15 is 0 Å². The molecule has 0 bridgehead atoms. The minimum atomic E-state index is -0.0825. The normalized spacial score (nSPS) is 11.7. The predicted octanol–water partition coefficient (Wildman–Crippen LogP) is 3.00. The number of hydrogen-bond donors (Lipinski definition) is 1. The zero-order valence-electron chi connectivity index (χ0n) is 12.9. The van der Waals surface area contributed by atoms with E-state index in [-0.39, 0.29) is 5.41 Å². The molecule has 20 heavy (non-hydrogen) atoms.